The average Bonchev–Trinajstić information content (AvgIpc) is 3.51. The third kappa shape index (κ3) is 6.60. The highest BCUT2D eigenvalue weighted by Gasteiger charge is 2.34. The number of thiocarbonyl (C=S) groups is 1. The molecule has 2 heterocycles. The number of anilines is 1. The van der Waals surface area contributed by atoms with Crippen molar-refractivity contribution in [1.82, 2.24) is 10.4 Å². The van der Waals surface area contributed by atoms with Crippen LogP contribution in [0.1, 0.15) is 33.3 Å². The van der Waals surface area contributed by atoms with Gasteiger partial charge in [-0.1, -0.05) is 30.0 Å². The Hall–Kier alpha value is -3.67. The maximum absolute atomic E-state index is 12.9. The van der Waals surface area contributed by atoms with E-state index in [1.165, 1.54) is 11.3 Å². The van der Waals surface area contributed by atoms with E-state index in [2.05, 4.69) is 10.7 Å². The van der Waals surface area contributed by atoms with E-state index in [9.17, 15) is 14.4 Å². The standard InChI is InChI=1S/C27H25N3O5S3/c1-4-34-21-13-18(8-10-20(21)35-15-24(31)28-19-9-7-16(2)17(3)12-19)14-23-26(33)30(27(36)38-23)29-25(32)22-6-5-11-37-22/h5-14H,4,15H2,1-3H3,(H,28,31)(H,29,32)/b23-14+. The van der Waals surface area contributed by atoms with Crippen molar-refractivity contribution in [2.75, 3.05) is 18.5 Å². The van der Waals surface area contributed by atoms with Crippen LogP contribution < -0.4 is 20.2 Å². The van der Waals surface area contributed by atoms with E-state index in [1.54, 1.807) is 41.8 Å². The van der Waals surface area contributed by atoms with Gasteiger partial charge in [-0.05, 0) is 91.5 Å². The first-order valence-corrected chi connectivity index (χ1v) is 13.7. The molecule has 0 atom stereocenters. The molecule has 1 fully saturated rings. The number of nitrogens with zero attached hydrogens (tertiary/aromatic N) is 1. The van der Waals surface area contributed by atoms with E-state index in [-0.39, 0.29) is 16.8 Å². The molecule has 0 saturated carbocycles. The number of hydrogen-bond donors (Lipinski definition) is 2. The molecule has 0 unspecified atom stereocenters. The third-order valence-electron chi connectivity index (χ3n) is 5.47. The number of hydrazine groups is 1. The van der Waals surface area contributed by atoms with Crippen LogP contribution in [0.15, 0.2) is 58.8 Å². The molecule has 0 bridgehead atoms. The van der Waals surface area contributed by atoms with E-state index in [4.69, 9.17) is 21.7 Å². The van der Waals surface area contributed by atoms with Crippen molar-refractivity contribution >= 4 is 69.1 Å². The first-order chi connectivity index (χ1) is 18.2. The average molecular weight is 568 g/mol. The Morgan fingerprint density at radius 3 is 2.58 bits per heavy atom. The molecule has 196 valence electrons. The molecule has 0 spiro atoms. The minimum atomic E-state index is -0.425. The molecule has 1 aliphatic rings. The molecule has 3 aromatic rings. The van der Waals surface area contributed by atoms with Crippen molar-refractivity contribution in [3.8, 4) is 11.5 Å². The van der Waals surface area contributed by atoms with E-state index < -0.39 is 11.8 Å². The lowest BCUT2D eigenvalue weighted by Crippen LogP contribution is -2.44. The van der Waals surface area contributed by atoms with Crippen LogP contribution in [0.3, 0.4) is 0 Å². The molecule has 11 heteroatoms. The molecule has 1 aliphatic heterocycles. The molecule has 38 heavy (non-hydrogen) atoms. The predicted octanol–water partition coefficient (Wildman–Crippen LogP) is 5.33. The van der Waals surface area contributed by atoms with Gasteiger partial charge >= 0.3 is 0 Å². The van der Waals surface area contributed by atoms with Gasteiger partial charge in [0.15, 0.2) is 22.4 Å². The quantitative estimate of drug-likeness (QED) is 0.267. The van der Waals surface area contributed by atoms with E-state index in [0.29, 0.717) is 39.1 Å². The Kier molecular flexibility index (Phi) is 8.82. The minimum absolute atomic E-state index is 0.199. The summed E-state index contributed by atoms with van der Waals surface area (Å²) in [6.45, 7) is 6.01. The number of hydrogen-bond acceptors (Lipinski definition) is 8. The summed E-state index contributed by atoms with van der Waals surface area (Å²) in [7, 11) is 0. The Labute approximate surface area is 234 Å². The lowest BCUT2D eigenvalue weighted by atomic mass is 10.1. The number of ether oxygens (including phenoxy) is 2. The summed E-state index contributed by atoms with van der Waals surface area (Å²) < 4.78 is 11.7. The fourth-order valence-electron chi connectivity index (χ4n) is 3.44. The maximum atomic E-state index is 12.9. The van der Waals surface area contributed by atoms with Crippen LogP contribution in [-0.2, 0) is 9.59 Å². The first-order valence-electron chi connectivity index (χ1n) is 11.6. The molecule has 2 N–H and O–H groups in total. The second-order valence-electron chi connectivity index (χ2n) is 8.21. The topological polar surface area (TPSA) is 97.0 Å². The van der Waals surface area contributed by atoms with Crippen molar-refractivity contribution in [3.05, 3.63) is 80.4 Å². The summed E-state index contributed by atoms with van der Waals surface area (Å²) in [5.74, 6) is -0.296. The van der Waals surface area contributed by atoms with Gasteiger partial charge in [0.1, 0.15) is 0 Å². The molecule has 1 aromatic heterocycles. The Morgan fingerprint density at radius 1 is 1.05 bits per heavy atom. The van der Waals surface area contributed by atoms with Gasteiger partial charge in [0, 0.05) is 5.69 Å². The van der Waals surface area contributed by atoms with Crippen LogP contribution in [0.4, 0.5) is 5.69 Å². The molecule has 4 rings (SSSR count). The summed E-state index contributed by atoms with van der Waals surface area (Å²) in [6.07, 6.45) is 1.66. The van der Waals surface area contributed by atoms with Gasteiger partial charge in [-0.25, -0.2) is 0 Å². The monoisotopic (exact) mass is 567 g/mol. The Balaban J connectivity index is 1.43. The zero-order chi connectivity index (χ0) is 27.2. The second-order valence-corrected chi connectivity index (χ2v) is 10.8. The highest BCUT2D eigenvalue weighted by molar-refractivity contribution is 8.26. The van der Waals surface area contributed by atoms with Gasteiger partial charge in [-0.15, -0.1) is 11.3 Å². The fourth-order valence-corrected chi connectivity index (χ4v) is 5.23. The minimum Gasteiger partial charge on any atom is -0.490 e. The van der Waals surface area contributed by atoms with E-state index in [1.807, 2.05) is 39.0 Å². The van der Waals surface area contributed by atoms with Crippen molar-refractivity contribution in [2.24, 2.45) is 0 Å². The summed E-state index contributed by atoms with van der Waals surface area (Å²) in [4.78, 5) is 38.5. The first kappa shape index (κ1) is 27.4. The molecule has 2 aromatic carbocycles. The summed E-state index contributed by atoms with van der Waals surface area (Å²) in [5, 5.41) is 5.68. The normalized spacial score (nSPS) is 14.1. The zero-order valence-corrected chi connectivity index (χ0v) is 23.4. The van der Waals surface area contributed by atoms with Crippen molar-refractivity contribution in [1.29, 1.82) is 0 Å². The molecule has 3 amide bonds. The number of amides is 3. The van der Waals surface area contributed by atoms with Gasteiger partial charge < -0.3 is 14.8 Å². The van der Waals surface area contributed by atoms with Crippen molar-refractivity contribution < 1.29 is 23.9 Å². The molecular formula is C27H25N3O5S3. The van der Waals surface area contributed by atoms with Gasteiger partial charge in [-0.3, -0.25) is 19.8 Å². The van der Waals surface area contributed by atoms with Gasteiger partial charge in [0.2, 0.25) is 0 Å². The highest BCUT2D eigenvalue weighted by Crippen LogP contribution is 2.34. The largest absolute Gasteiger partial charge is 0.490 e. The van der Waals surface area contributed by atoms with Crippen LogP contribution >= 0.6 is 35.3 Å². The smallest absolute Gasteiger partial charge is 0.285 e. The van der Waals surface area contributed by atoms with Crippen LogP contribution in [0.5, 0.6) is 11.5 Å². The predicted molar refractivity (Wildman–Crippen MR) is 154 cm³/mol. The number of aryl methyl sites for hydroxylation is 2. The number of benzene rings is 2. The lowest BCUT2D eigenvalue weighted by molar-refractivity contribution is -0.123. The fraction of sp³-hybridized carbons (Fsp3) is 0.185. The molecule has 1 saturated heterocycles. The van der Waals surface area contributed by atoms with Crippen molar-refractivity contribution in [2.45, 2.75) is 20.8 Å². The van der Waals surface area contributed by atoms with Gasteiger partial charge in [-0.2, -0.15) is 5.01 Å². The summed E-state index contributed by atoms with van der Waals surface area (Å²) in [5.41, 5.74) is 6.16. The lowest BCUT2D eigenvalue weighted by Gasteiger charge is -2.14. The number of carbonyl (C=O) groups excluding carboxylic acids is 3. The van der Waals surface area contributed by atoms with Gasteiger partial charge in [0.25, 0.3) is 17.7 Å². The molecule has 0 aliphatic carbocycles. The number of carbonyl (C=O) groups is 3. The molecule has 0 radical (unpaired) electrons. The van der Waals surface area contributed by atoms with Crippen LogP contribution in [0.2, 0.25) is 0 Å². The highest BCUT2D eigenvalue weighted by atomic mass is 32.2. The molecular weight excluding hydrogens is 543 g/mol. The number of thioether (sulfide) groups is 1. The van der Waals surface area contributed by atoms with Gasteiger partial charge in [0.05, 0.1) is 16.4 Å². The second kappa shape index (κ2) is 12.2. The third-order valence-corrected chi connectivity index (χ3v) is 7.64. The zero-order valence-electron chi connectivity index (χ0n) is 20.9. The number of thiophene rings is 1. The number of rotatable bonds is 9. The Morgan fingerprint density at radius 2 is 1.87 bits per heavy atom. The van der Waals surface area contributed by atoms with Crippen LogP contribution in [0.25, 0.3) is 6.08 Å². The SMILES string of the molecule is CCOc1cc(/C=C2/SC(=S)N(NC(=O)c3cccs3)C2=O)ccc1OCC(=O)Nc1ccc(C)c(C)c1. The number of nitrogens with one attached hydrogen (secondary N) is 2. The van der Waals surface area contributed by atoms with Crippen LogP contribution in [0, 0.1) is 13.8 Å². The summed E-state index contributed by atoms with van der Waals surface area (Å²) in [6, 6.07) is 14.3. The Bertz CT molecular complexity index is 1420. The van der Waals surface area contributed by atoms with E-state index in [0.717, 1.165) is 27.9 Å². The van der Waals surface area contributed by atoms with Crippen molar-refractivity contribution in [3.63, 3.8) is 0 Å². The maximum Gasteiger partial charge on any atom is 0.285 e. The van der Waals surface area contributed by atoms with Crippen LogP contribution in [-0.4, -0.2) is 40.3 Å². The summed E-state index contributed by atoms with van der Waals surface area (Å²) >= 11 is 7.66. The molecule has 8 nitrogen and oxygen atoms in total. The van der Waals surface area contributed by atoms with E-state index >= 15 is 0 Å².